The van der Waals surface area contributed by atoms with E-state index >= 15 is 0 Å². The van der Waals surface area contributed by atoms with Crippen LogP contribution in [0.1, 0.15) is 25.1 Å². The molecule has 0 saturated heterocycles. The van der Waals surface area contributed by atoms with Crippen molar-refractivity contribution >= 4 is 17.2 Å². The van der Waals surface area contributed by atoms with Crippen LogP contribution in [0.25, 0.3) is 22.6 Å². The van der Waals surface area contributed by atoms with Crippen LogP contribution >= 0.6 is 0 Å². The number of aromatic nitrogens is 6. The highest BCUT2D eigenvalue weighted by Crippen LogP contribution is 2.34. The Morgan fingerprint density at radius 2 is 1.76 bits per heavy atom. The molecule has 0 aliphatic heterocycles. The number of tetrazole rings is 1. The summed E-state index contributed by atoms with van der Waals surface area (Å²) in [5, 5.41) is 18.0. The van der Waals surface area contributed by atoms with Crippen molar-refractivity contribution < 1.29 is 4.39 Å². The van der Waals surface area contributed by atoms with Gasteiger partial charge in [-0.25, -0.2) is 14.5 Å². The molecular formula is C29H29FN8. The van der Waals surface area contributed by atoms with Crippen LogP contribution in [0.2, 0.25) is 0 Å². The second kappa shape index (κ2) is 11.2. The molecular weight excluding hydrogens is 479 g/mol. The summed E-state index contributed by atoms with van der Waals surface area (Å²) >= 11 is 0. The van der Waals surface area contributed by atoms with Crippen LogP contribution in [0.5, 0.6) is 0 Å². The lowest BCUT2D eigenvalue weighted by Gasteiger charge is -2.27. The first kappa shape index (κ1) is 25.0. The fraction of sp³-hybridized carbons (Fsp3) is 0.207. The van der Waals surface area contributed by atoms with Crippen molar-refractivity contribution in [1.29, 1.82) is 0 Å². The molecule has 9 heteroatoms. The molecule has 0 aliphatic rings. The van der Waals surface area contributed by atoms with E-state index in [1.807, 2.05) is 67.6 Å². The molecule has 0 bridgehead atoms. The SMILES string of the molecule is Cc1ncccc1Nc1cc(-c2ccccc2-c2nnn[nH]2)nc(N(Cc2ccc(F)cc2)CC(C)C)c1. The van der Waals surface area contributed by atoms with Gasteiger partial charge in [-0.2, -0.15) is 0 Å². The Morgan fingerprint density at radius 1 is 0.974 bits per heavy atom. The van der Waals surface area contributed by atoms with Crippen LogP contribution in [0.4, 0.5) is 21.6 Å². The maximum atomic E-state index is 13.6. The van der Waals surface area contributed by atoms with E-state index in [-0.39, 0.29) is 5.82 Å². The molecule has 8 nitrogen and oxygen atoms in total. The lowest BCUT2D eigenvalue weighted by molar-refractivity contribution is 0.602. The summed E-state index contributed by atoms with van der Waals surface area (Å²) in [5.74, 6) is 1.50. The Balaban J connectivity index is 1.63. The molecule has 0 spiro atoms. The number of benzene rings is 2. The summed E-state index contributed by atoms with van der Waals surface area (Å²) in [6, 6.07) is 22.5. The molecule has 0 unspecified atom stereocenters. The van der Waals surface area contributed by atoms with Crippen molar-refractivity contribution in [2.75, 3.05) is 16.8 Å². The van der Waals surface area contributed by atoms with Gasteiger partial charge in [0.25, 0.3) is 0 Å². The van der Waals surface area contributed by atoms with Gasteiger partial charge in [0.15, 0.2) is 5.82 Å². The van der Waals surface area contributed by atoms with E-state index in [1.165, 1.54) is 12.1 Å². The maximum absolute atomic E-state index is 13.6. The molecule has 2 N–H and O–H groups in total. The minimum Gasteiger partial charge on any atom is -0.354 e. The number of nitrogens with zero attached hydrogens (tertiary/aromatic N) is 6. The number of halogens is 1. The number of nitrogens with one attached hydrogen (secondary N) is 2. The summed E-state index contributed by atoms with van der Waals surface area (Å²) in [6.45, 7) is 7.68. The number of rotatable bonds is 9. The predicted octanol–water partition coefficient (Wildman–Crippen LogP) is 6.18. The lowest BCUT2D eigenvalue weighted by atomic mass is 10.0. The summed E-state index contributed by atoms with van der Waals surface area (Å²) in [7, 11) is 0. The summed E-state index contributed by atoms with van der Waals surface area (Å²) < 4.78 is 13.6. The summed E-state index contributed by atoms with van der Waals surface area (Å²) in [4.78, 5) is 11.8. The lowest BCUT2D eigenvalue weighted by Crippen LogP contribution is -2.28. The fourth-order valence-electron chi connectivity index (χ4n) is 4.34. The Bertz CT molecular complexity index is 1500. The molecule has 5 aromatic rings. The number of H-pyrrole nitrogens is 1. The molecule has 0 radical (unpaired) electrons. The second-order valence-corrected chi connectivity index (χ2v) is 9.56. The van der Waals surface area contributed by atoms with E-state index in [1.54, 1.807) is 6.20 Å². The Hall–Kier alpha value is -4.66. The van der Waals surface area contributed by atoms with Crippen molar-refractivity contribution in [3.63, 3.8) is 0 Å². The van der Waals surface area contributed by atoms with Crippen LogP contribution in [0.15, 0.2) is 79.0 Å². The predicted molar refractivity (Wildman–Crippen MR) is 147 cm³/mol. The van der Waals surface area contributed by atoms with E-state index in [4.69, 9.17) is 4.98 Å². The average Bonchev–Trinajstić information content (AvgIpc) is 3.46. The molecule has 0 amide bonds. The standard InChI is InChI=1S/C29H29FN8/c1-19(2)17-38(18-21-10-12-22(30)13-11-21)28-16-23(32-26-9-6-14-31-20(26)3)15-27(33-28)24-7-4-5-8-25(24)29-34-36-37-35-29/h4-16,19H,17-18H2,1-3H3,(H,32,33)(H,34,35,36,37). The number of pyridine rings is 2. The zero-order chi connectivity index (χ0) is 26.5. The third-order valence-electron chi connectivity index (χ3n) is 6.10. The first-order valence-electron chi connectivity index (χ1n) is 12.5. The molecule has 192 valence electrons. The van der Waals surface area contributed by atoms with Gasteiger partial charge in [0.2, 0.25) is 0 Å². The highest BCUT2D eigenvalue weighted by Gasteiger charge is 2.17. The molecule has 0 atom stereocenters. The van der Waals surface area contributed by atoms with Gasteiger partial charge in [-0.3, -0.25) is 4.98 Å². The van der Waals surface area contributed by atoms with Gasteiger partial charge in [0.05, 0.1) is 17.1 Å². The highest BCUT2D eigenvalue weighted by molar-refractivity contribution is 5.81. The van der Waals surface area contributed by atoms with Gasteiger partial charge in [0, 0.05) is 42.2 Å². The van der Waals surface area contributed by atoms with Gasteiger partial charge in [-0.1, -0.05) is 50.2 Å². The quantitative estimate of drug-likeness (QED) is 0.246. The highest BCUT2D eigenvalue weighted by atomic mass is 19.1. The molecule has 3 aromatic heterocycles. The minimum absolute atomic E-state index is 0.249. The zero-order valence-corrected chi connectivity index (χ0v) is 21.6. The van der Waals surface area contributed by atoms with Crippen LogP contribution < -0.4 is 10.2 Å². The zero-order valence-electron chi connectivity index (χ0n) is 21.6. The summed E-state index contributed by atoms with van der Waals surface area (Å²) in [6.07, 6.45) is 1.78. The molecule has 0 saturated carbocycles. The van der Waals surface area contributed by atoms with Gasteiger partial charge in [-0.15, -0.1) is 5.10 Å². The van der Waals surface area contributed by atoms with Gasteiger partial charge in [-0.05, 0) is 59.2 Å². The van der Waals surface area contributed by atoms with Crippen LogP contribution in [-0.2, 0) is 6.54 Å². The third kappa shape index (κ3) is 5.83. The molecule has 5 rings (SSSR count). The first-order valence-corrected chi connectivity index (χ1v) is 12.5. The minimum atomic E-state index is -0.249. The summed E-state index contributed by atoms with van der Waals surface area (Å²) in [5.41, 5.74) is 6.20. The topological polar surface area (TPSA) is 95.5 Å². The second-order valence-electron chi connectivity index (χ2n) is 9.56. The first-order chi connectivity index (χ1) is 18.5. The van der Waals surface area contributed by atoms with Crippen LogP contribution in [-0.4, -0.2) is 37.1 Å². The number of aromatic amines is 1. The van der Waals surface area contributed by atoms with Crippen LogP contribution in [0.3, 0.4) is 0 Å². The van der Waals surface area contributed by atoms with E-state index in [9.17, 15) is 4.39 Å². The van der Waals surface area contributed by atoms with Crippen molar-refractivity contribution in [2.24, 2.45) is 5.92 Å². The molecule has 38 heavy (non-hydrogen) atoms. The Labute approximate surface area is 221 Å². The van der Waals surface area contributed by atoms with Crippen molar-refractivity contribution in [1.82, 2.24) is 30.6 Å². The molecule has 0 fully saturated rings. The van der Waals surface area contributed by atoms with E-state index < -0.39 is 0 Å². The molecule has 2 aromatic carbocycles. The number of hydrogen-bond donors (Lipinski definition) is 2. The smallest absolute Gasteiger partial charge is 0.180 e. The largest absolute Gasteiger partial charge is 0.354 e. The van der Waals surface area contributed by atoms with Crippen molar-refractivity contribution in [3.8, 4) is 22.6 Å². The Kier molecular flexibility index (Phi) is 7.35. The van der Waals surface area contributed by atoms with Gasteiger partial charge >= 0.3 is 0 Å². The number of anilines is 3. The van der Waals surface area contributed by atoms with E-state index in [0.717, 1.165) is 51.8 Å². The van der Waals surface area contributed by atoms with Gasteiger partial charge < -0.3 is 10.2 Å². The molecule has 3 heterocycles. The van der Waals surface area contributed by atoms with Crippen LogP contribution in [0, 0.1) is 18.7 Å². The number of aryl methyl sites for hydroxylation is 1. The Morgan fingerprint density at radius 3 is 2.47 bits per heavy atom. The van der Waals surface area contributed by atoms with Crippen molar-refractivity contribution in [2.45, 2.75) is 27.3 Å². The van der Waals surface area contributed by atoms with Crippen molar-refractivity contribution in [3.05, 3.63) is 96.1 Å². The normalized spacial score (nSPS) is 11.1. The van der Waals surface area contributed by atoms with E-state index in [2.05, 4.69) is 49.7 Å². The number of hydrogen-bond acceptors (Lipinski definition) is 7. The molecule has 0 aliphatic carbocycles. The monoisotopic (exact) mass is 508 g/mol. The van der Waals surface area contributed by atoms with E-state index in [0.29, 0.717) is 18.3 Å². The maximum Gasteiger partial charge on any atom is 0.180 e. The average molecular weight is 509 g/mol. The van der Waals surface area contributed by atoms with Gasteiger partial charge in [0.1, 0.15) is 11.6 Å². The third-order valence-corrected chi connectivity index (χ3v) is 6.10. The fourth-order valence-corrected chi connectivity index (χ4v) is 4.34.